The maximum absolute atomic E-state index is 2.28. The van der Waals surface area contributed by atoms with Crippen LogP contribution in [0.2, 0.25) is 0 Å². The zero-order chi connectivity index (χ0) is 12.9. The van der Waals surface area contributed by atoms with Gasteiger partial charge in [-0.3, -0.25) is 0 Å². The molecular formula is C18H16Si. The molecule has 0 fully saturated rings. The molecule has 0 N–H and O–H groups in total. The van der Waals surface area contributed by atoms with E-state index in [0.717, 1.165) is 0 Å². The molecule has 19 heavy (non-hydrogen) atoms. The average Bonchev–Trinajstić information content (AvgIpc) is 2.50. The highest BCUT2D eigenvalue weighted by molar-refractivity contribution is 6.67. The van der Waals surface area contributed by atoms with Crippen LogP contribution in [0, 0.1) is 0 Å². The van der Waals surface area contributed by atoms with Gasteiger partial charge in [-0.1, -0.05) is 95.3 Å². The van der Waals surface area contributed by atoms with Gasteiger partial charge in [-0.15, -0.1) is 0 Å². The molecule has 0 saturated heterocycles. The average molecular weight is 260 g/mol. The van der Waals surface area contributed by atoms with Crippen molar-refractivity contribution in [1.82, 2.24) is 0 Å². The number of hydrogen-bond donors (Lipinski definition) is 0. The number of rotatable bonds is 3. The molecule has 0 aliphatic rings. The molecule has 0 amide bonds. The second-order valence-corrected chi connectivity index (χ2v) is 6.71. The van der Waals surface area contributed by atoms with Crippen molar-refractivity contribution in [2.24, 2.45) is 0 Å². The third-order valence-corrected chi connectivity index (χ3v) is 5.07. The first-order chi connectivity index (χ1) is 9.42. The highest BCUT2D eigenvalue weighted by Gasteiger charge is 1.99. The molecule has 3 aromatic carbocycles. The topological polar surface area (TPSA) is 0 Å². The maximum Gasteiger partial charge on any atom is 0.0875 e. The molecule has 0 aliphatic carbocycles. The van der Waals surface area contributed by atoms with E-state index in [1.165, 1.54) is 21.5 Å². The molecule has 0 atom stereocenters. The van der Waals surface area contributed by atoms with Crippen LogP contribution in [0.15, 0.2) is 84.9 Å². The quantitative estimate of drug-likeness (QED) is 0.635. The summed E-state index contributed by atoms with van der Waals surface area (Å²) in [5.74, 6) is 0. The van der Waals surface area contributed by atoms with Crippen LogP contribution < -0.4 is 10.4 Å². The largest absolute Gasteiger partial charge is 0.0875 e. The number of benzene rings is 3. The molecule has 3 rings (SSSR count). The molecule has 1 heteroatoms. The molecule has 0 nitrogen and oxygen atoms in total. The highest BCUT2D eigenvalue weighted by Crippen LogP contribution is 2.16. The first-order valence-electron chi connectivity index (χ1n) is 6.60. The highest BCUT2D eigenvalue weighted by atomic mass is 28.2. The van der Waals surface area contributed by atoms with E-state index in [0.29, 0.717) is 0 Å². The lowest BCUT2D eigenvalue weighted by Crippen LogP contribution is -2.26. The summed E-state index contributed by atoms with van der Waals surface area (Å²) in [7, 11) is -0.330. The monoisotopic (exact) mass is 260 g/mol. The van der Waals surface area contributed by atoms with E-state index in [9.17, 15) is 0 Å². The van der Waals surface area contributed by atoms with Crippen LogP contribution in [0.3, 0.4) is 0 Å². The van der Waals surface area contributed by atoms with E-state index in [4.69, 9.17) is 0 Å². The molecule has 0 unspecified atom stereocenters. The minimum absolute atomic E-state index is 0.330. The van der Waals surface area contributed by atoms with Crippen molar-refractivity contribution in [1.29, 1.82) is 0 Å². The molecule has 0 aliphatic heterocycles. The van der Waals surface area contributed by atoms with Crippen molar-refractivity contribution in [3.05, 3.63) is 84.9 Å². The minimum Gasteiger partial charge on any atom is -0.0633 e. The van der Waals surface area contributed by atoms with E-state index in [1.807, 2.05) is 0 Å². The summed E-state index contributed by atoms with van der Waals surface area (Å²) in [5.41, 5.74) is 2.59. The molecule has 0 heterocycles. The Morgan fingerprint density at radius 1 is 0.421 bits per heavy atom. The van der Waals surface area contributed by atoms with Gasteiger partial charge < -0.3 is 0 Å². The first-order valence-corrected chi connectivity index (χ1v) is 8.01. The van der Waals surface area contributed by atoms with Gasteiger partial charge in [-0.2, -0.15) is 0 Å². The van der Waals surface area contributed by atoms with Crippen LogP contribution in [0.25, 0.3) is 11.1 Å². The van der Waals surface area contributed by atoms with Gasteiger partial charge in [0.15, 0.2) is 0 Å². The molecule has 0 aromatic heterocycles. The smallest absolute Gasteiger partial charge is 0.0633 e. The van der Waals surface area contributed by atoms with Crippen molar-refractivity contribution < 1.29 is 0 Å². The van der Waals surface area contributed by atoms with Gasteiger partial charge in [0, 0.05) is 0 Å². The first kappa shape index (κ1) is 11.9. The summed E-state index contributed by atoms with van der Waals surface area (Å²) in [4.78, 5) is 0. The molecule has 0 radical (unpaired) electrons. The Balaban J connectivity index is 1.80. The zero-order valence-corrected chi connectivity index (χ0v) is 12.2. The van der Waals surface area contributed by atoms with Crippen LogP contribution in [-0.2, 0) is 0 Å². The Hall–Kier alpha value is -2.12. The van der Waals surface area contributed by atoms with Gasteiger partial charge >= 0.3 is 0 Å². The van der Waals surface area contributed by atoms with Crippen molar-refractivity contribution in [2.75, 3.05) is 0 Å². The van der Waals surface area contributed by atoms with E-state index in [1.54, 1.807) is 0 Å². The van der Waals surface area contributed by atoms with Gasteiger partial charge in [0.25, 0.3) is 0 Å². The fraction of sp³-hybridized carbons (Fsp3) is 0. The standard InChI is InChI=1S/C18H16Si/c1-3-7-15(8-4-1)16-11-13-18(14-12-16)19-17-9-5-2-6-10-17/h1-14H,19H2. The normalized spacial score (nSPS) is 10.9. The fourth-order valence-corrected chi connectivity index (χ4v) is 3.73. The molecule has 3 aromatic rings. The predicted molar refractivity (Wildman–Crippen MR) is 86.1 cm³/mol. The van der Waals surface area contributed by atoms with Crippen molar-refractivity contribution >= 4 is 19.9 Å². The fourth-order valence-electron chi connectivity index (χ4n) is 2.28. The molecular weight excluding hydrogens is 244 g/mol. The van der Waals surface area contributed by atoms with Crippen molar-refractivity contribution in [3.63, 3.8) is 0 Å². The summed E-state index contributed by atoms with van der Waals surface area (Å²) in [6.07, 6.45) is 0. The third kappa shape index (κ3) is 3.01. The van der Waals surface area contributed by atoms with E-state index < -0.39 is 0 Å². The summed E-state index contributed by atoms with van der Waals surface area (Å²) in [6, 6.07) is 30.4. The van der Waals surface area contributed by atoms with Gasteiger partial charge in [0.1, 0.15) is 0 Å². The SMILES string of the molecule is c1ccc([SiH2]c2ccc(-c3ccccc3)cc2)cc1. The lowest BCUT2D eigenvalue weighted by molar-refractivity contribution is 1.63. The maximum atomic E-state index is 2.28. The van der Waals surface area contributed by atoms with Crippen LogP contribution in [0.4, 0.5) is 0 Å². The molecule has 0 bridgehead atoms. The van der Waals surface area contributed by atoms with E-state index in [2.05, 4.69) is 84.9 Å². The predicted octanol–water partition coefficient (Wildman–Crippen LogP) is 2.47. The van der Waals surface area contributed by atoms with Gasteiger partial charge in [0.2, 0.25) is 0 Å². The second-order valence-electron chi connectivity index (χ2n) is 4.73. The zero-order valence-electron chi connectivity index (χ0n) is 10.8. The van der Waals surface area contributed by atoms with Crippen LogP contribution in [0.1, 0.15) is 0 Å². The Morgan fingerprint density at radius 2 is 0.895 bits per heavy atom. The molecule has 92 valence electrons. The molecule has 0 spiro atoms. The van der Waals surface area contributed by atoms with Crippen LogP contribution >= 0.6 is 0 Å². The van der Waals surface area contributed by atoms with E-state index >= 15 is 0 Å². The summed E-state index contributed by atoms with van der Waals surface area (Å²) in [6.45, 7) is 0. The lowest BCUT2D eigenvalue weighted by atomic mass is 10.1. The summed E-state index contributed by atoms with van der Waals surface area (Å²) in [5, 5.41) is 2.99. The molecule has 0 saturated carbocycles. The Morgan fingerprint density at radius 3 is 1.53 bits per heavy atom. The third-order valence-electron chi connectivity index (χ3n) is 3.31. The van der Waals surface area contributed by atoms with E-state index in [-0.39, 0.29) is 9.52 Å². The van der Waals surface area contributed by atoms with Crippen molar-refractivity contribution in [3.8, 4) is 11.1 Å². The van der Waals surface area contributed by atoms with Gasteiger partial charge in [-0.05, 0) is 11.1 Å². The van der Waals surface area contributed by atoms with Crippen LogP contribution in [-0.4, -0.2) is 9.52 Å². The Bertz CT molecular complexity index is 628. The summed E-state index contributed by atoms with van der Waals surface area (Å²) >= 11 is 0. The van der Waals surface area contributed by atoms with Gasteiger partial charge in [-0.25, -0.2) is 0 Å². The summed E-state index contributed by atoms with van der Waals surface area (Å²) < 4.78 is 0. The Kier molecular flexibility index (Phi) is 3.57. The minimum atomic E-state index is -0.330. The Labute approximate surface area is 116 Å². The van der Waals surface area contributed by atoms with Gasteiger partial charge in [0.05, 0.1) is 9.52 Å². The number of hydrogen-bond acceptors (Lipinski definition) is 0. The second kappa shape index (κ2) is 5.68. The van der Waals surface area contributed by atoms with Crippen molar-refractivity contribution in [2.45, 2.75) is 0 Å². The lowest BCUT2D eigenvalue weighted by Gasteiger charge is -2.04. The van der Waals surface area contributed by atoms with Crippen LogP contribution in [0.5, 0.6) is 0 Å².